The molecule has 0 aromatic carbocycles. The van der Waals surface area contributed by atoms with Crippen molar-refractivity contribution in [1.82, 2.24) is 4.23 Å². The summed E-state index contributed by atoms with van der Waals surface area (Å²) in [5, 5.41) is 0. The molecule has 0 saturated heterocycles. The molecular formula is C11H27NSi2. The fourth-order valence-corrected chi connectivity index (χ4v) is 14.0. The van der Waals surface area contributed by atoms with Crippen LogP contribution in [-0.4, -0.2) is 26.7 Å². The van der Waals surface area contributed by atoms with Gasteiger partial charge < -0.3 is 4.23 Å². The molecule has 0 amide bonds. The van der Waals surface area contributed by atoms with Crippen LogP contribution in [0.15, 0.2) is 0 Å². The van der Waals surface area contributed by atoms with E-state index in [1.165, 1.54) is 25.7 Å². The minimum Gasteiger partial charge on any atom is -0.343 e. The first-order valence-electron chi connectivity index (χ1n) is 6.02. The Hall–Kier alpha value is 0.394. The third-order valence-electron chi connectivity index (χ3n) is 3.14. The molecule has 3 heteroatoms. The van der Waals surface area contributed by atoms with Gasteiger partial charge in [0.2, 0.25) is 0 Å². The molecule has 1 nitrogen and oxygen atoms in total. The van der Waals surface area contributed by atoms with Crippen molar-refractivity contribution < 1.29 is 0 Å². The molecule has 0 aromatic rings. The summed E-state index contributed by atoms with van der Waals surface area (Å²) in [7, 11) is -2.18. The molecule has 1 rings (SSSR count). The Balaban J connectivity index is 2.82. The average molecular weight is 230 g/mol. The molecule has 1 saturated carbocycles. The van der Waals surface area contributed by atoms with E-state index < -0.39 is 16.5 Å². The van der Waals surface area contributed by atoms with Crippen LogP contribution in [0.4, 0.5) is 0 Å². The van der Waals surface area contributed by atoms with Gasteiger partial charge in [0.1, 0.15) is 16.5 Å². The predicted molar refractivity (Wildman–Crippen MR) is 70.8 cm³/mol. The topological polar surface area (TPSA) is 3.24 Å². The van der Waals surface area contributed by atoms with Gasteiger partial charge in [0.05, 0.1) is 0 Å². The lowest BCUT2D eigenvalue weighted by atomic mass is 10.3. The normalized spacial score (nSPS) is 20.8. The fourth-order valence-electron chi connectivity index (χ4n) is 3.26. The Labute approximate surface area is 92.1 Å². The Morgan fingerprint density at radius 1 is 0.786 bits per heavy atom. The molecule has 0 aliphatic heterocycles. The summed E-state index contributed by atoms with van der Waals surface area (Å²) < 4.78 is 2.99. The second-order valence-electron chi connectivity index (χ2n) is 6.65. The van der Waals surface area contributed by atoms with Gasteiger partial charge in [-0.1, -0.05) is 52.1 Å². The summed E-state index contributed by atoms with van der Waals surface area (Å²) in [4.78, 5) is 0. The minimum absolute atomic E-state index is 0.938. The molecule has 0 N–H and O–H groups in total. The molecule has 0 radical (unpaired) electrons. The van der Waals surface area contributed by atoms with E-state index in [4.69, 9.17) is 0 Å². The van der Waals surface area contributed by atoms with E-state index in [0.717, 1.165) is 6.04 Å². The Kier molecular flexibility index (Phi) is 3.65. The summed E-state index contributed by atoms with van der Waals surface area (Å²) in [5.74, 6) is 0. The van der Waals surface area contributed by atoms with E-state index in [-0.39, 0.29) is 0 Å². The molecule has 14 heavy (non-hydrogen) atoms. The maximum atomic E-state index is 2.99. The molecule has 0 heterocycles. The quantitative estimate of drug-likeness (QED) is 0.664. The van der Waals surface area contributed by atoms with Crippen molar-refractivity contribution in [2.75, 3.05) is 0 Å². The zero-order valence-corrected chi connectivity index (χ0v) is 12.9. The van der Waals surface area contributed by atoms with E-state index in [1.807, 2.05) is 0 Å². The first kappa shape index (κ1) is 12.5. The monoisotopic (exact) mass is 229 g/mol. The Morgan fingerprint density at radius 2 is 1.14 bits per heavy atom. The molecular weight excluding hydrogens is 202 g/mol. The highest BCUT2D eigenvalue weighted by Gasteiger charge is 2.39. The SMILES string of the molecule is C[Si](C)(C)N(C1CCCC1)[Si](C)(C)C. The van der Waals surface area contributed by atoms with Crippen molar-refractivity contribution in [1.29, 1.82) is 0 Å². The van der Waals surface area contributed by atoms with Crippen molar-refractivity contribution in [2.45, 2.75) is 71.0 Å². The maximum absolute atomic E-state index is 2.99. The zero-order chi connectivity index (χ0) is 11.0. The highest BCUT2D eigenvalue weighted by Crippen LogP contribution is 2.31. The molecule has 1 fully saturated rings. The van der Waals surface area contributed by atoms with Crippen LogP contribution in [0.25, 0.3) is 0 Å². The van der Waals surface area contributed by atoms with Gasteiger partial charge in [0.25, 0.3) is 0 Å². The van der Waals surface area contributed by atoms with E-state index in [0.29, 0.717) is 0 Å². The van der Waals surface area contributed by atoms with Crippen LogP contribution in [-0.2, 0) is 0 Å². The summed E-state index contributed by atoms with van der Waals surface area (Å²) in [6.07, 6.45) is 5.87. The number of hydrogen-bond acceptors (Lipinski definition) is 1. The molecule has 1 aliphatic rings. The van der Waals surface area contributed by atoms with Crippen LogP contribution >= 0.6 is 0 Å². The van der Waals surface area contributed by atoms with E-state index in [9.17, 15) is 0 Å². The molecule has 0 aromatic heterocycles. The van der Waals surface area contributed by atoms with E-state index in [1.54, 1.807) is 0 Å². The first-order valence-corrected chi connectivity index (χ1v) is 12.9. The predicted octanol–water partition coefficient (Wildman–Crippen LogP) is 3.90. The smallest absolute Gasteiger partial charge is 0.112 e. The fraction of sp³-hybridized carbons (Fsp3) is 1.00. The second kappa shape index (κ2) is 4.10. The molecule has 84 valence electrons. The highest BCUT2D eigenvalue weighted by atomic mass is 28.4. The van der Waals surface area contributed by atoms with Crippen LogP contribution in [0.3, 0.4) is 0 Å². The van der Waals surface area contributed by atoms with Gasteiger partial charge in [-0.15, -0.1) is 0 Å². The average Bonchev–Trinajstić information content (AvgIpc) is 2.31. The van der Waals surface area contributed by atoms with Crippen LogP contribution in [0.2, 0.25) is 39.3 Å². The largest absolute Gasteiger partial charge is 0.343 e. The standard InChI is InChI=1S/C11H27NSi2/c1-13(2,3)12(14(4,5)6)11-9-7-8-10-11/h11H,7-10H2,1-6H3. The van der Waals surface area contributed by atoms with Crippen molar-refractivity contribution in [2.24, 2.45) is 0 Å². The summed E-state index contributed by atoms with van der Waals surface area (Å²) in [5.41, 5.74) is 0. The van der Waals surface area contributed by atoms with Gasteiger partial charge in [0.15, 0.2) is 0 Å². The molecule has 0 atom stereocenters. The number of nitrogens with zero attached hydrogens (tertiary/aromatic N) is 1. The third kappa shape index (κ3) is 2.94. The number of hydrogen-bond donors (Lipinski definition) is 0. The molecule has 0 bridgehead atoms. The van der Waals surface area contributed by atoms with Crippen LogP contribution in [0.5, 0.6) is 0 Å². The Bertz CT molecular complexity index is 170. The van der Waals surface area contributed by atoms with Crippen molar-refractivity contribution in [3.63, 3.8) is 0 Å². The van der Waals surface area contributed by atoms with Gasteiger partial charge in [-0.05, 0) is 18.9 Å². The lowest BCUT2D eigenvalue weighted by molar-refractivity contribution is 0.449. The van der Waals surface area contributed by atoms with Crippen LogP contribution in [0, 0.1) is 0 Å². The van der Waals surface area contributed by atoms with E-state index in [2.05, 4.69) is 43.5 Å². The molecule has 0 unspecified atom stereocenters. The lowest BCUT2D eigenvalue weighted by Gasteiger charge is -2.47. The maximum Gasteiger partial charge on any atom is 0.112 e. The molecule has 1 aliphatic carbocycles. The van der Waals surface area contributed by atoms with Gasteiger partial charge >= 0.3 is 0 Å². The van der Waals surface area contributed by atoms with Crippen molar-refractivity contribution in [3.8, 4) is 0 Å². The van der Waals surface area contributed by atoms with Gasteiger partial charge in [-0.2, -0.15) is 0 Å². The second-order valence-corrected chi connectivity index (χ2v) is 16.7. The molecule has 0 spiro atoms. The minimum atomic E-state index is -1.09. The number of rotatable bonds is 3. The van der Waals surface area contributed by atoms with Crippen LogP contribution in [0.1, 0.15) is 25.7 Å². The third-order valence-corrected chi connectivity index (χ3v) is 10.8. The summed E-state index contributed by atoms with van der Waals surface area (Å²) in [6, 6.07) is 0.938. The summed E-state index contributed by atoms with van der Waals surface area (Å²) in [6.45, 7) is 15.1. The summed E-state index contributed by atoms with van der Waals surface area (Å²) >= 11 is 0. The van der Waals surface area contributed by atoms with Gasteiger partial charge in [-0.3, -0.25) is 0 Å². The first-order chi connectivity index (χ1) is 6.23. The van der Waals surface area contributed by atoms with E-state index >= 15 is 0 Å². The van der Waals surface area contributed by atoms with Gasteiger partial charge in [0, 0.05) is 0 Å². The van der Waals surface area contributed by atoms with Crippen LogP contribution < -0.4 is 0 Å². The highest BCUT2D eigenvalue weighted by molar-refractivity contribution is 6.89. The Morgan fingerprint density at radius 3 is 1.43 bits per heavy atom. The van der Waals surface area contributed by atoms with Gasteiger partial charge in [-0.25, -0.2) is 0 Å². The van der Waals surface area contributed by atoms with Crippen molar-refractivity contribution >= 4 is 16.5 Å². The lowest BCUT2D eigenvalue weighted by Crippen LogP contribution is -2.62. The zero-order valence-electron chi connectivity index (χ0n) is 10.9. The van der Waals surface area contributed by atoms with Crippen molar-refractivity contribution in [3.05, 3.63) is 0 Å².